The molecule has 0 amide bonds. The van der Waals surface area contributed by atoms with Crippen LogP contribution in [0.4, 0.5) is 0 Å². The molecule has 0 saturated carbocycles. The number of hydrogen-bond donors (Lipinski definition) is 2. The maximum atomic E-state index is 11.4. The van der Waals surface area contributed by atoms with Crippen LogP contribution in [-0.4, -0.2) is 17.4 Å². The number of hydrogen-bond acceptors (Lipinski definition) is 3. The first-order chi connectivity index (χ1) is 6.49. The molecule has 3 N–H and O–H groups in total. The van der Waals surface area contributed by atoms with Crippen molar-refractivity contribution >= 4 is 17.4 Å². The fourth-order valence-corrected chi connectivity index (χ4v) is 1.56. The van der Waals surface area contributed by atoms with Crippen LogP contribution >= 0.6 is 11.6 Å². The standard InChI is InChI=1S/C10H12ClNO2/c1-5-3-7(11)10(14)9(6(5)2)8(13)4-12/h3,14H,4,12H2,1-2H3. The molecule has 76 valence electrons. The van der Waals surface area contributed by atoms with E-state index in [0.717, 1.165) is 11.1 Å². The average Bonchev–Trinajstić information content (AvgIpc) is 2.15. The molecule has 0 aromatic heterocycles. The van der Waals surface area contributed by atoms with E-state index in [4.69, 9.17) is 17.3 Å². The highest BCUT2D eigenvalue weighted by molar-refractivity contribution is 6.32. The van der Waals surface area contributed by atoms with Crippen molar-refractivity contribution in [3.8, 4) is 5.75 Å². The molecule has 1 aromatic rings. The average molecular weight is 214 g/mol. The van der Waals surface area contributed by atoms with E-state index in [0.29, 0.717) is 0 Å². The zero-order chi connectivity index (χ0) is 10.9. The SMILES string of the molecule is Cc1cc(Cl)c(O)c(C(=O)CN)c1C. The first kappa shape index (κ1) is 11.0. The highest BCUT2D eigenvalue weighted by Crippen LogP contribution is 2.32. The molecule has 1 aromatic carbocycles. The minimum atomic E-state index is -0.300. The molecule has 0 saturated heterocycles. The second-order valence-corrected chi connectivity index (χ2v) is 3.56. The predicted molar refractivity (Wildman–Crippen MR) is 56.0 cm³/mol. The Kier molecular flexibility index (Phi) is 3.13. The molecule has 4 heteroatoms. The number of phenolic OH excluding ortho intramolecular Hbond substituents is 1. The van der Waals surface area contributed by atoms with E-state index in [9.17, 15) is 9.90 Å². The highest BCUT2D eigenvalue weighted by atomic mass is 35.5. The molecule has 0 bridgehead atoms. The summed E-state index contributed by atoms with van der Waals surface area (Å²) in [5.74, 6) is -0.476. The lowest BCUT2D eigenvalue weighted by molar-refractivity contribution is 0.0998. The second-order valence-electron chi connectivity index (χ2n) is 3.15. The van der Waals surface area contributed by atoms with Crippen LogP contribution in [0.2, 0.25) is 5.02 Å². The van der Waals surface area contributed by atoms with Crippen LogP contribution in [0.5, 0.6) is 5.75 Å². The zero-order valence-electron chi connectivity index (χ0n) is 8.10. The lowest BCUT2D eigenvalue weighted by atomic mass is 9.99. The molecule has 3 nitrogen and oxygen atoms in total. The van der Waals surface area contributed by atoms with E-state index in [1.165, 1.54) is 0 Å². The Morgan fingerprint density at radius 3 is 2.64 bits per heavy atom. The molecular weight excluding hydrogens is 202 g/mol. The summed E-state index contributed by atoms with van der Waals surface area (Å²) >= 11 is 5.75. The zero-order valence-corrected chi connectivity index (χ0v) is 8.85. The molecule has 0 spiro atoms. The number of benzene rings is 1. The van der Waals surface area contributed by atoms with Crippen molar-refractivity contribution in [1.82, 2.24) is 0 Å². The minimum Gasteiger partial charge on any atom is -0.506 e. The molecular formula is C10H12ClNO2. The summed E-state index contributed by atoms with van der Waals surface area (Å²) in [6.07, 6.45) is 0. The van der Waals surface area contributed by atoms with Gasteiger partial charge in [-0.05, 0) is 31.0 Å². The Hall–Kier alpha value is -1.06. The quantitative estimate of drug-likeness (QED) is 0.737. The van der Waals surface area contributed by atoms with E-state index < -0.39 is 0 Å². The summed E-state index contributed by atoms with van der Waals surface area (Å²) in [6.45, 7) is 3.45. The number of phenols is 1. The van der Waals surface area contributed by atoms with Gasteiger partial charge in [-0.25, -0.2) is 0 Å². The van der Waals surface area contributed by atoms with Crippen molar-refractivity contribution in [2.24, 2.45) is 5.73 Å². The first-order valence-corrected chi connectivity index (χ1v) is 4.58. The van der Waals surface area contributed by atoms with Crippen molar-refractivity contribution in [1.29, 1.82) is 0 Å². The lowest BCUT2D eigenvalue weighted by Gasteiger charge is -2.10. The van der Waals surface area contributed by atoms with Crippen LogP contribution in [0, 0.1) is 13.8 Å². The van der Waals surface area contributed by atoms with E-state index >= 15 is 0 Å². The van der Waals surface area contributed by atoms with E-state index in [2.05, 4.69) is 0 Å². The van der Waals surface area contributed by atoms with Gasteiger partial charge in [0.25, 0.3) is 0 Å². The number of carbonyl (C=O) groups excluding carboxylic acids is 1. The van der Waals surface area contributed by atoms with Crippen molar-refractivity contribution in [2.45, 2.75) is 13.8 Å². The van der Waals surface area contributed by atoms with Crippen LogP contribution in [0.1, 0.15) is 21.5 Å². The van der Waals surface area contributed by atoms with Gasteiger partial charge in [0.15, 0.2) is 5.78 Å². The topological polar surface area (TPSA) is 63.3 Å². The van der Waals surface area contributed by atoms with Crippen molar-refractivity contribution in [3.63, 3.8) is 0 Å². The molecule has 0 aliphatic carbocycles. The van der Waals surface area contributed by atoms with E-state index in [-0.39, 0.29) is 28.7 Å². The highest BCUT2D eigenvalue weighted by Gasteiger charge is 2.17. The van der Waals surface area contributed by atoms with Gasteiger partial charge >= 0.3 is 0 Å². The number of aryl methyl sites for hydroxylation is 1. The van der Waals surface area contributed by atoms with Gasteiger partial charge < -0.3 is 10.8 Å². The molecule has 14 heavy (non-hydrogen) atoms. The number of Topliss-reactive ketones (excluding diaryl/α,β-unsaturated/α-hetero) is 1. The summed E-state index contributed by atoms with van der Waals surface area (Å²) in [7, 11) is 0. The van der Waals surface area contributed by atoms with Crippen LogP contribution in [0.15, 0.2) is 6.07 Å². The van der Waals surface area contributed by atoms with Crippen LogP contribution < -0.4 is 5.73 Å². The van der Waals surface area contributed by atoms with Crippen LogP contribution in [-0.2, 0) is 0 Å². The second kappa shape index (κ2) is 3.98. The number of nitrogens with two attached hydrogens (primary N) is 1. The van der Waals surface area contributed by atoms with Gasteiger partial charge in [-0.3, -0.25) is 4.79 Å². The third-order valence-corrected chi connectivity index (χ3v) is 2.53. The molecule has 0 radical (unpaired) electrons. The molecule has 0 unspecified atom stereocenters. The smallest absolute Gasteiger partial charge is 0.180 e. The number of aromatic hydroxyl groups is 1. The fraction of sp³-hybridized carbons (Fsp3) is 0.300. The maximum Gasteiger partial charge on any atom is 0.180 e. The Bertz CT molecular complexity index is 362. The summed E-state index contributed by atoms with van der Waals surface area (Å²) in [4.78, 5) is 11.4. The molecule has 0 atom stereocenters. The maximum absolute atomic E-state index is 11.4. The van der Waals surface area contributed by atoms with Gasteiger partial charge in [0, 0.05) is 0 Å². The van der Waals surface area contributed by atoms with Gasteiger partial charge in [-0.2, -0.15) is 0 Å². The summed E-state index contributed by atoms with van der Waals surface area (Å²) in [6, 6.07) is 1.62. The number of halogens is 1. The Balaban J connectivity index is 3.47. The fourth-order valence-electron chi connectivity index (χ4n) is 1.30. The van der Waals surface area contributed by atoms with E-state index in [1.807, 2.05) is 6.92 Å². The molecule has 0 fully saturated rings. The number of ketones is 1. The van der Waals surface area contributed by atoms with Gasteiger partial charge in [-0.15, -0.1) is 0 Å². The molecule has 0 aliphatic heterocycles. The number of rotatable bonds is 2. The Labute approximate surface area is 87.5 Å². The van der Waals surface area contributed by atoms with Crippen molar-refractivity contribution in [3.05, 3.63) is 27.8 Å². The molecule has 1 rings (SSSR count). The van der Waals surface area contributed by atoms with Crippen LogP contribution in [0.25, 0.3) is 0 Å². The Morgan fingerprint density at radius 1 is 1.57 bits per heavy atom. The van der Waals surface area contributed by atoms with Crippen LogP contribution in [0.3, 0.4) is 0 Å². The van der Waals surface area contributed by atoms with Gasteiger partial charge in [-0.1, -0.05) is 11.6 Å². The van der Waals surface area contributed by atoms with Crippen molar-refractivity contribution < 1.29 is 9.90 Å². The third kappa shape index (κ3) is 1.74. The summed E-state index contributed by atoms with van der Waals surface area (Å²) in [5, 5.41) is 9.78. The monoisotopic (exact) mass is 213 g/mol. The van der Waals surface area contributed by atoms with Gasteiger partial charge in [0.2, 0.25) is 0 Å². The first-order valence-electron chi connectivity index (χ1n) is 4.21. The predicted octanol–water partition coefficient (Wildman–Crippen LogP) is 1.80. The summed E-state index contributed by atoms with van der Waals surface area (Å²) in [5.41, 5.74) is 7.06. The van der Waals surface area contributed by atoms with E-state index in [1.54, 1.807) is 13.0 Å². The normalized spacial score (nSPS) is 10.3. The van der Waals surface area contributed by atoms with Gasteiger partial charge in [0.05, 0.1) is 17.1 Å². The Morgan fingerprint density at radius 2 is 2.14 bits per heavy atom. The van der Waals surface area contributed by atoms with Crippen molar-refractivity contribution in [2.75, 3.05) is 6.54 Å². The molecule has 0 heterocycles. The summed E-state index contributed by atoms with van der Waals surface area (Å²) < 4.78 is 0. The third-order valence-electron chi connectivity index (χ3n) is 2.24. The lowest BCUT2D eigenvalue weighted by Crippen LogP contribution is -2.15. The van der Waals surface area contributed by atoms with Gasteiger partial charge in [0.1, 0.15) is 5.75 Å². The minimum absolute atomic E-state index is 0.131. The largest absolute Gasteiger partial charge is 0.506 e. The molecule has 0 aliphatic rings. The number of carbonyl (C=O) groups is 1.